The van der Waals surface area contributed by atoms with Gasteiger partial charge in [0.2, 0.25) is 5.91 Å². The Balaban J connectivity index is 1.18. The van der Waals surface area contributed by atoms with Gasteiger partial charge in [0.25, 0.3) is 0 Å². The predicted molar refractivity (Wildman–Crippen MR) is 92.3 cm³/mol. The minimum atomic E-state index is 0.160. The smallest absolute Gasteiger partial charge is 0.220 e. The first-order chi connectivity index (χ1) is 11.8. The summed E-state index contributed by atoms with van der Waals surface area (Å²) in [5.74, 6) is 4.57. The van der Waals surface area contributed by atoms with E-state index in [1.54, 1.807) is 0 Å². The number of carbonyl (C=O) groups excluding carboxylic acids is 1. The molecule has 0 saturated heterocycles. The van der Waals surface area contributed by atoms with E-state index in [-0.39, 0.29) is 5.91 Å². The number of hydrogen-bond donors (Lipinski definition) is 1. The highest BCUT2D eigenvalue weighted by molar-refractivity contribution is 5.76. The zero-order chi connectivity index (χ0) is 16.4. The molecule has 24 heavy (non-hydrogen) atoms. The van der Waals surface area contributed by atoms with E-state index in [4.69, 9.17) is 9.47 Å². The van der Waals surface area contributed by atoms with Crippen molar-refractivity contribution in [3.8, 4) is 11.5 Å². The fraction of sp³-hybridized carbons (Fsp3) is 0.650. The van der Waals surface area contributed by atoms with E-state index in [0.717, 1.165) is 54.2 Å². The van der Waals surface area contributed by atoms with Crippen molar-refractivity contribution in [1.82, 2.24) is 5.32 Å². The van der Waals surface area contributed by atoms with E-state index in [9.17, 15) is 4.79 Å². The van der Waals surface area contributed by atoms with Gasteiger partial charge in [0.1, 0.15) is 13.2 Å². The van der Waals surface area contributed by atoms with Gasteiger partial charge in [-0.05, 0) is 67.6 Å². The lowest BCUT2D eigenvalue weighted by Gasteiger charge is -2.21. The van der Waals surface area contributed by atoms with Crippen molar-refractivity contribution < 1.29 is 14.3 Å². The maximum Gasteiger partial charge on any atom is 0.220 e. The largest absolute Gasteiger partial charge is 0.486 e. The van der Waals surface area contributed by atoms with Crippen molar-refractivity contribution in [2.75, 3.05) is 19.8 Å². The van der Waals surface area contributed by atoms with E-state index >= 15 is 0 Å². The number of hydrogen-bond acceptors (Lipinski definition) is 3. The minimum absolute atomic E-state index is 0.160. The predicted octanol–water partition coefficient (Wildman–Crippen LogP) is 3.33. The lowest BCUT2D eigenvalue weighted by molar-refractivity contribution is -0.121. The van der Waals surface area contributed by atoms with Gasteiger partial charge in [-0.2, -0.15) is 0 Å². The fourth-order valence-electron chi connectivity index (χ4n) is 4.72. The maximum atomic E-state index is 12.1. The summed E-state index contributed by atoms with van der Waals surface area (Å²) < 4.78 is 11.1. The van der Waals surface area contributed by atoms with Crippen LogP contribution in [0.2, 0.25) is 0 Å². The Labute approximate surface area is 143 Å². The second-order valence-electron chi connectivity index (χ2n) is 7.55. The van der Waals surface area contributed by atoms with Crippen LogP contribution in [0.3, 0.4) is 0 Å². The monoisotopic (exact) mass is 329 g/mol. The summed E-state index contributed by atoms with van der Waals surface area (Å²) in [7, 11) is 0. The van der Waals surface area contributed by atoms with E-state index in [1.165, 1.54) is 25.7 Å². The lowest BCUT2D eigenvalue weighted by atomic mass is 9.86. The summed E-state index contributed by atoms with van der Waals surface area (Å²) in [6.45, 7) is 2.05. The second kappa shape index (κ2) is 7.04. The normalized spacial score (nSPS) is 27.2. The second-order valence-corrected chi connectivity index (χ2v) is 7.55. The van der Waals surface area contributed by atoms with Crippen LogP contribution in [0.25, 0.3) is 0 Å². The molecule has 1 aromatic carbocycles. The van der Waals surface area contributed by atoms with Crippen LogP contribution in [0.1, 0.15) is 44.1 Å². The number of ether oxygens (including phenoxy) is 2. The number of aryl methyl sites for hydroxylation is 1. The third-order valence-corrected chi connectivity index (χ3v) is 5.97. The van der Waals surface area contributed by atoms with Gasteiger partial charge in [0.15, 0.2) is 11.5 Å². The number of rotatable bonds is 6. The van der Waals surface area contributed by atoms with Gasteiger partial charge in [-0.25, -0.2) is 0 Å². The maximum absolute atomic E-state index is 12.1. The number of nitrogens with one attached hydrogen (secondary N) is 1. The Morgan fingerprint density at radius 1 is 1.12 bits per heavy atom. The highest BCUT2D eigenvalue weighted by Gasteiger charge is 2.38. The lowest BCUT2D eigenvalue weighted by Crippen LogP contribution is -2.27. The first kappa shape index (κ1) is 15.8. The molecule has 1 N–H and O–H groups in total. The number of amides is 1. The molecule has 4 rings (SSSR count). The van der Waals surface area contributed by atoms with Gasteiger partial charge < -0.3 is 14.8 Å². The van der Waals surface area contributed by atoms with Gasteiger partial charge in [-0.15, -0.1) is 0 Å². The summed E-state index contributed by atoms with van der Waals surface area (Å²) in [6, 6.07) is 5.96. The summed E-state index contributed by atoms with van der Waals surface area (Å²) >= 11 is 0. The molecule has 0 radical (unpaired) electrons. The van der Waals surface area contributed by atoms with E-state index in [1.807, 2.05) is 18.2 Å². The quantitative estimate of drug-likeness (QED) is 0.871. The van der Waals surface area contributed by atoms with Crippen LogP contribution >= 0.6 is 0 Å². The molecule has 1 aliphatic heterocycles. The molecule has 3 aliphatic rings. The summed E-state index contributed by atoms with van der Waals surface area (Å²) in [6.07, 6.45) is 8.17. The molecule has 0 spiro atoms. The average Bonchev–Trinajstić information content (AvgIpc) is 3.23. The third-order valence-electron chi connectivity index (χ3n) is 5.97. The first-order valence-corrected chi connectivity index (χ1v) is 9.43. The summed E-state index contributed by atoms with van der Waals surface area (Å²) in [5.41, 5.74) is 1.13. The molecule has 3 atom stereocenters. The number of carbonyl (C=O) groups is 1. The minimum Gasteiger partial charge on any atom is -0.486 e. The van der Waals surface area contributed by atoms with Crippen LogP contribution in [0, 0.1) is 17.8 Å². The van der Waals surface area contributed by atoms with Crippen LogP contribution < -0.4 is 14.8 Å². The summed E-state index contributed by atoms with van der Waals surface area (Å²) in [5, 5.41) is 3.11. The van der Waals surface area contributed by atoms with Crippen molar-refractivity contribution in [2.45, 2.75) is 44.9 Å². The van der Waals surface area contributed by atoms with Crippen LogP contribution in [0.5, 0.6) is 11.5 Å². The van der Waals surface area contributed by atoms with Crippen molar-refractivity contribution >= 4 is 5.91 Å². The Kier molecular flexibility index (Phi) is 4.63. The molecule has 2 fully saturated rings. The Morgan fingerprint density at radius 2 is 2.00 bits per heavy atom. The molecule has 2 aliphatic carbocycles. The molecule has 4 nitrogen and oxygen atoms in total. The number of fused-ring (bicyclic) bond motifs is 3. The van der Waals surface area contributed by atoms with Crippen LogP contribution in [-0.4, -0.2) is 25.7 Å². The van der Waals surface area contributed by atoms with Crippen molar-refractivity contribution in [3.63, 3.8) is 0 Å². The molecular formula is C20H27NO3. The molecule has 1 aromatic rings. The van der Waals surface area contributed by atoms with Gasteiger partial charge in [-0.3, -0.25) is 4.79 Å². The van der Waals surface area contributed by atoms with Gasteiger partial charge in [0.05, 0.1) is 0 Å². The molecule has 1 amide bonds. The highest BCUT2D eigenvalue weighted by Crippen LogP contribution is 2.49. The van der Waals surface area contributed by atoms with Gasteiger partial charge >= 0.3 is 0 Å². The van der Waals surface area contributed by atoms with Crippen molar-refractivity contribution in [3.05, 3.63) is 23.8 Å². The molecular weight excluding hydrogens is 302 g/mol. The molecule has 130 valence electrons. The zero-order valence-electron chi connectivity index (χ0n) is 14.3. The molecule has 3 unspecified atom stereocenters. The Morgan fingerprint density at radius 3 is 2.79 bits per heavy atom. The highest BCUT2D eigenvalue weighted by atomic mass is 16.6. The van der Waals surface area contributed by atoms with E-state index in [2.05, 4.69) is 5.32 Å². The topological polar surface area (TPSA) is 47.6 Å². The van der Waals surface area contributed by atoms with E-state index in [0.29, 0.717) is 19.6 Å². The van der Waals surface area contributed by atoms with Crippen LogP contribution in [0.4, 0.5) is 0 Å². The molecule has 0 aromatic heterocycles. The molecule has 4 heteroatoms. The summed E-state index contributed by atoms with van der Waals surface area (Å²) in [4.78, 5) is 12.1. The van der Waals surface area contributed by atoms with Gasteiger partial charge in [0, 0.05) is 13.0 Å². The van der Waals surface area contributed by atoms with Crippen LogP contribution in [-0.2, 0) is 11.2 Å². The zero-order valence-corrected chi connectivity index (χ0v) is 14.3. The Hall–Kier alpha value is -1.71. The SMILES string of the molecule is O=C(CCc1ccc2c(c1)OCCO2)NCCC1CC2CCC1C2. The van der Waals surface area contributed by atoms with Crippen molar-refractivity contribution in [1.29, 1.82) is 0 Å². The van der Waals surface area contributed by atoms with E-state index < -0.39 is 0 Å². The third kappa shape index (κ3) is 3.52. The Bertz CT molecular complexity index is 601. The standard InChI is InChI=1S/C20H27NO3/c22-20(21-8-7-17-12-15-1-4-16(17)11-15)6-3-14-2-5-18-19(13-14)24-10-9-23-18/h2,5,13,15-17H,1,3-4,6-12H2,(H,21,22). The van der Waals surface area contributed by atoms with Crippen LogP contribution in [0.15, 0.2) is 18.2 Å². The average molecular weight is 329 g/mol. The van der Waals surface area contributed by atoms with Crippen molar-refractivity contribution in [2.24, 2.45) is 17.8 Å². The molecule has 2 bridgehead atoms. The molecule has 2 saturated carbocycles. The number of benzene rings is 1. The first-order valence-electron chi connectivity index (χ1n) is 9.43. The van der Waals surface area contributed by atoms with Gasteiger partial charge in [-0.1, -0.05) is 12.5 Å². The fourth-order valence-corrected chi connectivity index (χ4v) is 4.72. The molecule has 1 heterocycles.